The van der Waals surface area contributed by atoms with E-state index in [1.54, 1.807) is 0 Å². The number of carbonyl (C=O) groups is 2. The van der Waals surface area contributed by atoms with Gasteiger partial charge in [0.25, 0.3) is 0 Å². The van der Waals surface area contributed by atoms with Crippen molar-refractivity contribution in [3.8, 4) is 0 Å². The van der Waals surface area contributed by atoms with Gasteiger partial charge in [-0.3, -0.25) is 23.2 Å². The molecule has 0 aliphatic heterocycles. The van der Waals surface area contributed by atoms with Gasteiger partial charge in [0, 0.05) is 12.8 Å². The highest BCUT2D eigenvalue weighted by molar-refractivity contribution is 7.47. The largest absolute Gasteiger partial charge is 0.472 e. The zero-order valence-corrected chi connectivity index (χ0v) is 38.8. The fourth-order valence-corrected chi connectivity index (χ4v) is 6.94. The van der Waals surface area contributed by atoms with E-state index in [1.807, 2.05) is 12.2 Å². The lowest BCUT2D eigenvalue weighted by molar-refractivity contribution is -0.161. The van der Waals surface area contributed by atoms with Crippen LogP contribution in [-0.2, 0) is 41.8 Å². The Labute approximate surface area is 365 Å². The molecule has 1 unspecified atom stereocenters. The maximum absolute atomic E-state index is 12.7. The summed E-state index contributed by atoms with van der Waals surface area (Å²) < 4.78 is 47.7. The van der Waals surface area contributed by atoms with Crippen molar-refractivity contribution in [2.75, 3.05) is 26.4 Å². The van der Waals surface area contributed by atoms with Crippen molar-refractivity contribution in [1.29, 1.82) is 0 Å². The lowest BCUT2D eigenvalue weighted by Gasteiger charge is -2.20. The van der Waals surface area contributed by atoms with E-state index in [4.69, 9.17) is 23.8 Å². The van der Waals surface area contributed by atoms with Gasteiger partial charge in [-0.1, -0.05) is 127 Å². The lowest BCUT2D eigenvalue weighted by Crippen LogP contribution is -2.30. The van der Waals surface area contributed by atoms with Crippen LogP contribution >= 0.6 is 15.6 Å². The molecule has 0 radical (unpaired) electrons. The van der Waals surface area contributed by atoms with Gasteiger partial charge in [-0.2, -0.15) is 0 Å². The molecule has 0 saturated heterocycles. The van der Waals surface area contributed by atoms with E-state index in [2.05, 4.69) is 59.4 Å². The highest BCUT2D eigenvalue weighted by Crippen LogP contribution is 2.43. The van der Waals surface area contributed by atoms with E-state index in [0.29, 0.717) is 32.1 Å². The molecule has 0 aromatic carbocycles. The second-order valence-electron chi connectivity index (χ2n) is 15.3. The summed E-state index contributed by atoms with van der Waals surface area (Å²) in [4.78, 5) is 52.7. The van der Waals surface area contributed by atoms with Crippen LogP contribution in [0.1, 0.15) is 168 Å². The molecule has 0 bridgehead atoms. The number of esters is 2. The predicted octanol–water partition coefficient (Wildman–Crippen LogP) is 9.39. The number of ether oxygens (including phenoxy) is 2. The summed E-state index contributed by atoms with van der Waals surface area (Å²) in [6.07, 6.45) is 32.6. The van der Waals surface area contributed by atoms with E-state index < -0.39 is 78.4 Å². The van der Waals surface area contributed by atoms with Crippen LogP contribution in [0, 0.1) is 0 Å². The number of aliphatic hydroxyl groups is 3. The molecule has 0 aromatic rings. The summed E-state index contributed by atoms with van der Waals surface area (Å²) in [5, 5.41) is 30.2. The zero-order chi connectivity index (χ0) is 45.5. The highest BCUT2D eigenvalue weighted by atomic mass is 31.2. The SMILES string of the molecule is CCCCC/C=C\C/C=C\C/C=C\CCCCCCC(=O)OC[C@H](COP(=O)(O)OC[C@@H](O)COP(=O)(O)O)OC(=O)CCCCCCC[C@H](O)[C@@H](O)C/C=C\CCCCC. The number of rotatable bonds is 42. The van der Waals surface area contributed by atoms with Crippen LogP contribution < -0.4 is 0 Å². The zero-order valence-electron chi connectivity index (χ0n) is 37.0. The van der Waals surface area contributed by atoms with Crippen LogP contribution in [0.25, 0.3) is 0 Å². The van der Waals surface area contributed by atoms with E-state index in [0.717, 1.165) is 83.5 Å². The van der Waals surface area contributed by atoms with Gasteiger partial charge in [-0.25, -0.2) is 9.13 Å². The number of aliphatic hydroxyl groups excluding tert-OH is 3. The van der Waals surface area contributed by atoms with Gasteiger partial charge in [0.1, 0.15) is 12.7 Å². The van der Waals surface area contributed by atoms with Gasteiger partial charge in [-0.05, 0) is 77.0 Å². The third kappa shape index (κ3) is 41.8. The number of carbonyl (C=O) groups excluding carboxylic acids is 2. The van der Waals surface area contributed by atoms with Gasteiger partial charge >= 0.3 is 27.6 Å². The Bertz CT molecular complexity index is 1300. The van der Waals surface area contributed by atoms with Gasteiger partial charge in [-0.15, -0.1) is 0 Å². The molecule has 5 atom stereocenters. The summed E-state index contributed by atoms with van der Waals surface area (Å²) in [6.45, 7) is 1.47. The molecule has 0 fully saturated rings. The van der Waals surface area contributed by atoms with Gasteiger partial charge in [0.05, 0.1) is 32.0 Å². The maximum Gasteiger partial charge on any atom is 0.472 e. The Morgan fingerprint density at radius 1 is 0.525 bits per heavy atom. The van der Waals surface area contributed by atoms with E-state index >= 15 is 0 Å². The topological polar surface area (TPSA) is 236 Å². The molecule has 61 heavy (non-hydrogen) atoms. The summed E-state index contributed by atoms with van der Waals surface area (Å²) in [6, 6.07) is 0. The first kappa shape index (κ1) is 59.0. The molecule has 0 aromatic heterocycles. The predicted molar refractivity (Wildman–Crippen MR) is 237 cm³/mol. The second kappa shape index (κ2) is 39.6. The number of allylic oxidation sites excluding steroid dienone is 7. The van der Waals surface area contributed by atoms with Crippen molar-refractivity contribution in [3.63, 3.8) is 0 Å². The number of hydrogen-bond donors (Lipinski definition) is 6. The highest BCUT2D eigenvalue weighted by Gasteiger charge is 2.28. The smallest absolute Gasteiger partial charge is 0.462 e. The van der Waals surface area contributed by atoms with Crippen LogP contribution in [0.15, 0.2) is 48.6 Å². The number of hydrogen-bond acceptors (Lipinski definition) is 12. The summed E-state index contributed by atoms with van der Waals surface area (Å²) in [5.41, 5.74) is 0. The first-order valence-electron chi connectivity index (χ1n) is 22.5. The number of unbranched alkanes of at least 4 members (excludes halogenated alkanes) is 14. The normalized spacial score (nSPS) is 15.5. The molecule has 0 aliphatic rings. The molecule has 0 amide bonds. The number of phosphoric ester groups is 2. The molecule has 15 nitrogen and oxygen atoms in total. The van der Waals surface area contributed by atoms with Crippen LogP contribution in [0.3, 0.4) is 0 Å². The maximum atomic E-state index is 12.7. The minimum Gasteiger partial charge on any atom is -0.462 e. The van der Waals surface area contributed by atoms with E-state index in [-0.39, 0.29) is 12.8 Å². The Hall–Kier alpha value is -2.00. The minimum atomic E-state index is -4.89. The molecule has 0 spiro atoms. The van der Waals surface area contributed by atoms with E-state index in [9.17, 15) is 38.9 Å². The summed E-state index contributed by atoms with van der Waals surface area (Å²) in [7, 11) is -9.74. The Balaban J connectivity index is 4.66. The van der Waals surface area contributed by atoms with Crippen molar-refractivity contribution in [1.82, 2.24) is 0 Å². The fourth-order valence-electron chi connectivity index (χ4n) is 5.79. The number of phosphoric acid groups is 2. The molecule has 17 heteroatoms. The Morgan fingerprint density at radius 3 is 1.59 bits per heavy atom. The molecule has 0 heterocycles. The molecular weight excluding hydrogens is 830 g/mol. The van der Waals surface area contributed by atoms with Crippen molar-refractivity contribution in [2.45, 2.75) is 192 Å². The molecule has 356 valence electrons. The van der Waals surface area contributed by atoms with Gasteiger partial charge in [0.2, 0.25) is 0 Å². The van der Waals surface area contributed by atoms with Crippen molar-refractivity contribution in [3.05, 3.63) is 48.6 Å². The molecule has 6 N–H and O–H groups in total. The van der Waals surface area contributed by atoms with Crippen LogP contribution in [0.2, 0.25) is 0 Å². The minimum absolute atomic E-state index is 0.0260. The van der Waals surface area contributed by atoms with Gasteiger partial charge < -0.3 is 39.5 Å². The second-order valence-corrected chi connectivity index (χ2v) is 18.0. The fraction of sp³-hybridized carbons (Fsp3) is 0.773. The summed E-state index contributed by atoms with van der Waals surface area (Å²) in [5.74, 6) is -1.17. The van der Waals surface area contributed by atoms with Crippen LogP contribution in [0.5, 0.6) is 0 Å². The van der Waals surface area contributed by atoms with Crippen LogP contribution in [-0.4, -0.2) is 92.8 Å². The first-order valence-corrected chi connectivity index (χ1v) is 25.5. The standard InChI is InChI=1S/C44H80O15P2/c1-3-5-7-9-11-12-13-14-15-16-17-18-19-20-21-25-29-33-43(48)55-37-40(38-58-61(53,54)57-36-39(45)35-56-60(50,51)52)59-44(49)34-30-26-22-24-28-32-42(47)41(46)31-27-23-10-8-6-4-2/h11-12,14-15,17-18,23,27,39-42,45-47H,3-10,13,16,19-22,24-26,28-38H2,1-2H3,(H,53,54)(H2,50,51,52)/b12-11-,15-14-,18-17-,27-23-/t39-,40+,41-,42-/m0/s1. The van der Waals surface area contributed by atoms with Crippen molar-refractivity contribution >= 4 is 27.6 Å². The van der Waals surface area contributed by atoms with Crippen LogP contribution in [0.4, 0.5) is 0 Å². The molecular formula is C44H80O15P2. The average molecular weight is 911 g/mol. The monoisotopic (exact) mass is 910 g/mol. The third-order valence-corrected chi connectivity index (χ3v) is 10.8. The molecule has 0 rings (SSSR count). The van der Waals surface area contributed by atoms with Crippen molar-refractivity contribution in [2.24, 2.45) is 0 Å². The Morgan fingerprint density at radius 2 is 1.00 bits per heavy atom. The quantitative estimate of drug-likeness (QED) is 0.0145. The van der Waals surface area contributed by atoms with Crippen molar-refractivity contribution < 1.29 is 71.8 Å². The van der Waals surface area contributed by atoms with E-state index in [1.165, 1.54) is 25.7 Å². The molecule has 0 saturated carbocycles. The third-order valence-electron chi connectivity index (χ3n) is 9.38. The average Bonchev–Trinajstić information content (AvgIpc) is 3.21. The Kier molecular flexibility index (Phi) is 38.3. The first-order chi connectivity index (χ1) is 29.2. The van der Waals surface area contributed by atoms with Gasteiger partial charge in [0.15, 0.2) is 6.10 Å². The molecule has 0 aliphatic carbocycles. The summed E-state index contributed by atoms with van der Waals surface area (Å²) >= 11 is 0. The lowest BCUT2D eigenvalue weighted by atomic mass is 10.0.